The van der Waals surface area contributed by atoms with E-state index in [-0.39, 0.29) is 18.2 Å². The van der Waals surface area contributed by atoms with Crippen molar-refractivity contribution in [2.75, 3.05) is 5.73 Å². The van der Waals surface area contributed by atoms with Crippen molar-refractivity contribution in [3.63, 3.8) is 0 Å². The number of nitrogen functional groups attached to an aromatic ring is 1. The molecule has 1 saturated heterocycles. The molecule has 0 amide bonds. The molecule has 0 bridgehead atoms. The summed E-state index contributed by atoms with van der Waals surface area (Å²) in [6.45, 7) is 8.91. The quantitative estimate of drug-likeness (QED) is 0.179. The van der Waals surface area contributed by atoms with Crippen molar-refractivity contribution in [3.05, 3.63) is 61.1 Å². The fourth-order valence-electron chi connectivity index (χ4n) is 5.08. The van der Waals surface area contributed by atoms with Crippen molar-refractivity contribution in [1.29, 1.82) is 0 Å². The summed E-state index contributed by atoms with van der Waals surface area (Å²) in [6, 6.07) is 14.0. The fourth-order valence-corrected chi connectivity index (χ4v) is 6.81. The number of nitrogens with zero attached hydrogens (tertiary/aromatic N) is 3. The molecule has 0 saturated carbocycles. The number of carbonyl (C=O) groups excluding carboxylic acids is 1. The van der Waals surface area contributed by atoms with Gasteiger partial charge in [-0.15, -0.1) is 0 Å². The molecule has 12 heteroatoms. The maximum Gasteiger partial charge on any atom is 0.459 e. The molecule has 5 rings (SSSR count). The molecule has 1 aliphatic rings. The van der Waals surface area contributed by atoms with E-state index in [2.05, 4.69) is 22.0 Å². The Balaban J connectivity index is 1.39. The van der Waals surface area contributed by atoms with Crippen LogP contribution in [0.1, 0.15) is 47.3 Å². The van der Waals surface area contributed by atoms with Crippen LogP contribution in [-0.2, 0) is 23.4 Å². The Bertz CT molecular complexity index is 1590. The summed E-state index contributed by atoms with van der Waals surface area (Å²) in [7, 11) is -4.13. The van der Waals surface area contributed by atoms with Crippen LogP contribution in [0, 0.1) is 5.92 Å². The first-order valence-electron chi connectivity index (χ1n) is 13.7. The molecule has 3 heterocycles. The lowest BCUT2D eigenvalue weighted by molar-refractivity contribution is -0.149. The summed E-state index contributed by atoms with van der Waals surface area (Å²) in [5.74, 6) is 0.286. The summed E-state index contributed by atoms with van der Waals surface area (Å²) >= 11 is 0. The van der Waals surface area contributed by atoms with Crippen LogP contribution in [0.2, 0.25) is 0 Å². The largest absolute Gasteiger partial charge is 0.462 e. The normalized spacial score (nSPS) is 22.0. The maximum atomic E-state index is 14.3. The van der Waals surface area contributed by atoms with Gasteiger partial charge in [-0.1, -0.05) is 43.3 Å². The lowest BCUT2D eigenvalue weighted by Gasteiger charge is -2.28. The zero-order valence-corrected chi connectivity index (χ0v) is 24.7. The minimum absolute atomic E-state index is 0.0871. The third-order valence-corrected chi connectivity index (χ3v) is 8.82. The monoisotopic (exact) mass is 581 g/mol. The number of anilines is 1. The predicted octanol–water partition coefficient (Wildman–Crippen LogP) is 5.61. The van der Waals surface area contributed by atoms with E-state index in [1.807, 2.05) is 53.2 Å². The van der Waals surface area contributed by atoms with Crippen molar-refractivity contribution in [3.8, 4) is 5.75 Å². The van der Waals surface area contributed by atoms with Crippen molar-refractivity contribution >= 4 is 41.3 Å². The Morgan fingerprint density at radius 3 is 2.63 bits per heavy atom. The van der Waals surface area contributed by atoms with E-state index in [0.717, 1.165) is 16.2 Å². The molecule has 6 atom stereocenters. The highest BCUT2D eigenvalue weighted by Crippen LogP contribution is 2.50. The van der Waals surface area contributed by atoms with Crippen LogP contribution < -0.4 is 15.3 Å². The van der Waals surface area contributed by atoms with E-state index in [0.29, 0.717) is 23.6 Å². The Morgan fingerprint density at radius 1 is 1.10 bits per heavy atom. The second kappa shape index (κ2) is 11.8. The number of aromatic nitrogens is 3. The highest BCUT2D eigenvalue weighted by Gasteiger charge is 2.42. The molecule has 41 heavy (non-hydrogen) atoms. The number of nitrogens with one attached hydrogen (secondary N) is 1. The molecule has 0 spiro atoms. The topological polar surface area (TPSA) is 140 Å². The zero-order chi connectivity index (χ0) is 29.3. The molecule has 0 radical (unpaired) electrons. The zero-order valence-electron chi connectivity index (χ0n) is 23.8. The Labute approximate surface area is 238 Å². The summed E-state index contributed by atoms with van der Waals surface area (Å²) in [5, 5.41) is 5.21. The number of nitrogens with two attached hydrogens (primary N) is 1. The average Bonchev–Trinajstić information content (AvgIpc) is 3.52. The van der Waals surface area contributed by atoms with Crippen molar-refractivity contribution < 1.29 is 27.9 Å². The minimum Gasteiger partial charge on any atom is -0.462 e. The maximum absolute atomic E-state index is 14.3. The van der Waals surface area contributed by atoms with E-state index >= 15 is 0 Å². The lowest BCUT2D eigenvalue weighted by atomic mass is 10.0. The molecule has 218 valence electrons. The third kappa shape index (κ3) is 6.23. The molecule has 1 aliphatic heterocycles. The average molecular weight is 582 g/mol. The van der Waals surface area contributed by atoms with Crippen LogP contribution in [0.5, 0.6) is 5.75 Å². The molecular weight excluding hydrogens is 545 g/mol. The number of esters is 1. The van der Waals surface area contributed by atoms with Crippen LogP contribution in [-0.4, -0.2) is 44.9 Å². The van der Waals surface area contributed by atoms with Gasteiger partial charge in [-0.3, -0.25) is 9.32 Å². The Morgan fingerprint density at radius 2 is 1.85 bits per heavy atom. The molecule has 4 aromatic rings. The van der Waals surface area contributed by atoms with Gasteiger partial charge in [0.15, 0.2) is 0 Å². The fraction of sp³-hybridized carbons (Fsp3) is 0.414. The van der Waals surface area contributed by atoms with E-state index in [9.17, 15) is 9.36 Å². The first-order chi connectivity index (χ1) is 19.5. The first kappa shape index (κ1) is 29.0. The van der Waals surface area contributed by atoms with Gasteiger partial charge in [0.2, 0.25) is 0 Å². The highest BCUT2D eigenvalue weighted by molar-refractivity contribution is 7.52. The Kier molecular flexibility index (Phi) is 8.33. The Hall–Kier alpha value is -3.50. The molecule has 1 fully saturated rings. The van der Waals surface area contributed by atoms with Gasteiger partial charge in [0.25, 0.3) is 0 Å². The van der Waals surface area contributed by atoms with Crippen LogP contribution in [0.25, 0.3) is 21.8 Å². The second-order valence-corrected chi connectivity index (χ2v) is 12.4. The smallest absolute Gasteiger partial charge is 0.459 e. The minimum atomic E-state index is -4.13. The van der Waals surface area contributed by atoms with E-state index in [1.165, 1.54) is 6.33 Å². The van der Waals surface area contributed by atoms with Gasteiger partial charge < -0.3 is 24.3 Å². The standard InChI is InChI=1S/C29H36N5O6P/c1-17(2)37-29(35)19(4)33-41(36,40-24-12-8-10-21-9-6-7-11-22(21)24)39-20(5)25-15-18(3)28(38-25)34-14-13-23-26(30)31-16-32-27(23)34/h6-14,16-20,25,28H,15H2,1-5H3,(H,33,36)(H2,30,31,32)/t18-,19-,20?,25-,28+,41?/m0/s1. The van der Waals surface area contributed by atoms with E-state index < -0.39 is 32.0 Å². The van der Waals surface area contributed by atoms with Gasteiger partial charge in [0.05, 0.1) is 23.7 Å². The molecule has 3 N–H and O–H groups in total. The number of benzene rings is 2. The molecule has 2 aromatic carbocycles. The van der Waals surface area contributed by atoms with Crippen molar-refractivity contribution in [2.24, 2.45) is 5.92 Å². The van der Waals surface area contributed by atoms with Gasteiger partial charge >= 0.3 is 13.7 Å². The van der Waals surface area contributed by atoms with Gasteiger partial charge in [-0.05, 0) is 51.6 Å². The van der Waals surface area contributed by atoms with Crippen molar-refractivity contribution in [2.45, 2.75) is 71.6 Å². The summed E-state index contributed by atoms with van der Waals surface area (Å²) in [5.41, 5.74) is 6.70. The van der Waals surface area contributed by atoms with Gasteiger partial charge in [0, 0.05) is 17.5 Å². The van der Waals surface area contributed by atoms with E-state index in [1.54, 1.807) is 33.8 Å². The molecule has 11 nitrogen and oxygen atoms in total. The molecule has 2 aromatic heterocycles. The van der Waals surface area contributed by atoms with Crippen LogP contribution >= 0.6 is 7.75 Å². The number of fused-ring (bicyclic) bond motifs is 2. The molecule has 2 unspecified atom stereocenters. The molecular formula is C29H36N5O6P. The number of carbonyl (C=O) groups is 1. The van der Waals surface area contributed by atoms with Gasteiger partial charge in [0.1, 0.15) is 35.8 Å². The van der Waals surface area contributed by atoms with Crippen LogP contribution in [0.3, 0.4) is 0 Å². The second-order valence-electron chi connectivity index (χ2n) is 10.7. The van der Waals surface area contributed by atoms with Gasteiger partial charge in [-0.2, -0.15) is 5.09 Å². The predicted molar refractivity (Wildman–Crippen MR) is 156 cm³/mol. The van der Waals surface area contributed by atoms with Crippen LogP contribution in [0.15, 0.2) is 61.1 Å². The highest BCUT2D eigenvalue weighted by atomic mass is 31.2. The summed E-state index contributed by atoms with van der Waals surface area (Å²) < 4.78 is 40.3. The SMILES string of the molecule is CC(C)OC(=O)[C@H](C)NP(=O)(Oc1cccc2ccccc12)OC(C)[C@@H]1C[C@H](C)[C@H](n2ccc3c(N)ncnc32)O1. The number of hydrogen-bond acceptors (Lipinski definition) is 9. The number of hydrogen-bond donors (Lipinski definition) is 2. The lowest BCUT2D eigenvalue weighted by Crippen LogP contribution is -2.38. The molecule has 0 aliphatic carbocycles. The van der Waals surface area contributed by atoms with E-state index in [4.69, 9.17) is 24.3 Å². The first-order valence-corrected chi connectivity index (χ1v) is 15.3. The summed E-state index contributed by atoms with van der Waals surface area (Å²) in [6.07, 6.45) is 2.18. The van der Waals surface area contributed by atoms with Crippen LogP contribution in [0.4, 0.5) is 5.82 Å². The van der Waals surface area contributed by atoms with Crippen molar-refractivity contribution in [1.82, 2.24) is 19.6 Å². The van der Waals surface area contributed by atoms with Gasteiger partial charge in [-0.25, -0.2) is 14.5 Å². The summed E-state index contributed by atoms with van der Waals surface area (Å²) in [4.78, 5) is 21.1. The third-order valence-electron chi connectivity index (χ3n) is 7.07. The number of rotatable bonds is 10. The number of ether oxygens (including phenoxy) is 2.